The predicted molar refractivity (Wildman–Crippen MR) is 92.8 cm³/mol. The average Bonchev–Trinajstić information content (AvgIpc) is 2.47. The van der Waals surface area contributed by atoms with E-state index in [-0.39, 0.29) is 11.9 Å². The molecule has 1 atom stereocenters. The molecule has 1 unspecified atom stereocenters. The van der Waals surface area contributed by atoms with Crippen LogP contribution in [0.2, 0.25) is 0 Å². The number of unbranched alkanes of at least 4 members (excludes halogenated alkanes) is 8. The zero-order valence-corrected chi connectivity index (χ0v) is 15.5. The quantitative estimate of drug-likeness (QED) is 0.380. The van der Waals surface area contributed by atoms with Crippen molar-refractivity contribution >= 4 is 5.97 Å². The number of aliphatic hydroxyl groups is 1. The Hall–Kier alpha value is -0.570. The summed E-state index contributed by atoms with van der Waals surface area (Å²) < 4.78 is 5.34. The van der Waals surface area contributed by atoms with Gasteiger partial charge in [-0.05, 0) is 26.2 Å². The molecule has 132 valence electrons. The number of esters is 1. The summed E-state index contributed by atoms with van der Waals surface area (Å²) in [5.74, 6) is -0.233. The van der Waals surface area contributed by atoms with E-state index in [1.54, 1.807) is 13.8 Å². The number of carbonyl (C=O) groups excluding carboxylic acids is 1. The highest BCUT2D eigenvalue weighted by Gasteiger charge is 2.38. The molecule has 0 aliphatic rings. The Morgan fingerprint density at radius 1 is 0.955 bits per heavy atom. The minimum absolute atomic E-state index is 0.0512. The summed E-state index contributed by atoms with van der Waals surface area (Å²) in [6.07, 6.45) is 10.6. The fourth-order valence-corrected chi connectivity index (χ4v) is 2.72. The predicted octanol–water partition coefficient (Wildman–Crippen LogP) is 5.10. The van der Waals surface area contributed by atoms with Crippen molar-refractivity contribution in [1.29, 1.82) is 0 Å². The largest absolute Gasteiger partial charge is 0.465 e. The Labute approximate surface area is 137 Å². The molecular formula is C19H38O3. The topological polar surface area (TPSA) is 46.5 Å². The highest BCUT2D eigenvalue weighted by molar-refractivity contribution is 5.76. The van der Waals surface area contributed by atoms with E-state index >= 15 is 0 Å². The third-order valence-electron chi connectivity index (χ3n) is 4.38. The monoisotopic (exact) mass is 314 g/mol. The first-order chi connectivity index (χ1) is 10.3. The standard InChI is InChI=1S/C19H38O3/c1-6-7-8-9-10-11-12-13-14-15-22-18(21)19(4,5)17(20)16(2)3/h16-17,20H,6-15H2,1-5H3. The van der Waals surface area contributed by atoms with E-state index in [1.807, 2.05) is 13.8 Å². The lowest BCUT2D eigenvalue weighted by Crippen LogP contribution is -2.41. The van der Waals surface area contributed by atoms with Crippen LogP contribution in [0.5, 0.6) is 0 Å². The highest BCUT2D eigenvalue weighted by Crippen LogP contribution is 2.27. The Balaban J connectivity index is 3.64. The van der Waals surface area contributed by atoms with Gasteiger partial charge in [0.1, 0.15) is 0 Å². The third-order valence-corrected chi connectivity index (χ3v) is 4.38. The first-order valence-electron chi connectivity index (χ1n) is 9.19. The summed E-state index contributed by atoms with van der Waals surface area (Å²) in [4.78, 5) is 12.1. The molecule has 0 aromatic rings. The molecule has 0 amide bonds. The van der Waals surface area contributed by atoms with E-state index in [2.05, 4.69) is 6.92 Å². The summed E-state index contributed by atoms with van der Waals surface area (Å²) in [5.41, 5.74) is -0.826. The molecule has 0 aromatic carbocycles. The maximum absolute atomic E-state index is 12.1. The van der Waals surface area contributed by atoms with Crippen molar-refractivity contribution in [3.8, 4) is 0 Å². The molecule has 0 aromatic heterocycles. The molecule has 22 heavy (non-hydrogen) atoms. The summed E-state index contributed by atoms with van der Waals surface area (Å²) >= 11 is 0. The van der Waals surface area contributed by atoms with Crippen LogP contribution in [-0.2, 0) is 9.53 Å². The van der Waals surface area contributed by atoms with E-state index in [9.17, 15) is 9.90 Å². The summed E-state index contributed by atoms with van der Waals surface area (Å²) in [6, 6.07) is 0. The highest BCUT2D eigenvalue weighted by atomic mass is 16.5. The Bertz CT molecular complexity index is 284. The second-order valence-electron chi connectivity index (χ2n) is 7.37. The average molecular weight is 315 g/mol. The van der Waals surface area contributed by atoms with Gasteiger partial charge in [-0.3, -0.25) is 4.79 Å². The summed E-state index contributed by atoms with van der Waals surface area (Å²) in [7, 11) is 0. The number of rotatable bonds is 13. The van der Waals surface area contributed by atoms with Crippen LogP contribution < -0.4 is 0 Å². The van der Waals surface area contributed by atoms with Gasteiger partial charge in [0.15, 0.2) is 0 Å². The number of aliphatic hydroxyl groups excluding tert-OH is 1. The molecule has 0 saturated carbocycles. The smallest absolute Gasteiger partial charge is 0.314 e. The van der Waals surface area contributed by atoms with Crippen molar-refractivity contribution in [3.63, 3.8) is 0 Å². The number of hydrogen-bond donors (Lipinski definition) is 1. The van der Waals surface area contributed by atoms with E-state index < -0.39 is 11.5 Å². The molecule has 0 heterocycles. The SMILES string of the molecule is CCCCCCCCCCCOC(=O)C(C)(C)C(O)C(C)C. The van der Waals surface area contributed by atoms with Gasteiger partial charge in [0.25, 0.3) is 0 Å². The van der Waals surface area contributed by atoms with Gasteiger partial charge < -0.3 is 9.84 Å². The lowest BCUT2D eigenvalue weighted by atomic mass is 9.81. The Morgan fingerprint density at radius 2 is 1.41 bits per heavy atom. The summed E-state index contributed by atoms with van der Waals surface area (Å²) in [5, 5.41) is 10.1. The van der Waals surface area contributed by atoms with Crippen LogP contribution in [0.1, 0.15) is 92.4 Å². The van der Waals surface area contributed by atoms with Crippen molar-refractivity contribution in [3.05, 3.63) is 0 Å². The van der Waals surface area contributed by atoms with Crippen LogP contribution in [-0.4, -0.2) is 23.8 Å². The molecule has 0 bridgehead atoms. The molecule has 0 spiro atoms. The van der Waals surface area contributed by atoms with Gasteiger partial charge in [0.05, 0.1) is 18.1 Å². The fourth-order valence-electron chi connectivity index (χ4n) is 2.72. The van der Waals surface area contributed by atoms with Gasteiger partial charge >= 0.3 is 5.97 Å². The molecule has 0 fully saturated rings. The van der Waals surface area contributed by atoms with Gasteiger partial charge in [0, 0.05) is 0 Å². The first kappa shape index (κ1) is 21.4. The molecule has 0 radical (unpaired) electrons. The molecule has 0 aliphatic carbocycles. The lowest BCUT2D eigenvalue weighted by molar-refractivity contribution is -0.162. The van der Waals surface area contributed by atoms with Gasteiger partial charge in [-0.25, -0.2) is 0 Å². The van der Waals surface area contributed by atoms with Crippen molar-refractivity contribution in [1.82, 2.24) is 0 Å². The molecule has 0 saturated heterocycles. The van der Waals surface area contributed by atoms with E-state index in [1.165, 1.54) is 44.9 Å². The van der Waals surface area contributed by atoms with Crippen LogP contribution in [0.25, 0.3) is 0 Å². The Kier molecular flexibility index (Phi) is 11.6. The maximum Gasteiger partial charge on any atom is 0.314 e. The van der Waals surface area contributed by atoms with Gasteiger partial charge in [-0.15, -0.1) is 0 Å². The summed E-state index contributed by atoms with van der Waals surface area (Å²) in [6.45, 7) is 10.1. The second kappa shape index (κ2) is 11.9. The second-order valence-corrected chi connectivity index (χ2v) is 7.37. The van der Waals surface area contributed by atoms with E-state index in [4.69, 9.17) is 4.74 Å². The van der Waals surface area contributed by atoms with E-state index in [0.717, 1.165) is 12.8 Å². The number of carbonyl (C=O) groups is 1. The van der Waals surface area contributed by atoms with Crippen molar-refractivity contribution in [2.45, 2.75) is 98.5 Å². The number of hydrogen-bond acceptors (Lipinski definition) is 3. The van der Waals surface area contributed by atoms with Crippen LogP contribution >= 0.6 is 0 Å². The van der Waals surface area contributed by atoms with Gasteiger partial charge in [-0.2, -0.15) is 0 Å². The minimum Gasteiger partial charge on any atom is -0.465 e. The number of ether oxygens (including phenoxy) is 1. The van der Waals surface area contributed by atoms with Crippen molar-refractivity contribution < 1.29 is 14.6 Å². The zero-order valence-electron chi connectivity index (χ0n) is 15.5. The van der Waals surface area contributed by atoms with Gasteiger partial charge in [-0.1, -0.05) is 72.1 Å². The maximum atomic E-state index is 12.1. The molecular weight excluding hydrogens is 276 g/mol. The third kappa shape index (κ3) is 8.77. The van der Waals surface area contributed by atoms with Crippen LogP contribution in [0.4, 0.5) is 0 Å². The van der Waals surface area contributed by atoms with Crippen molar-refractivity contribution in [2.24, 2.45) is 11.3 Å². The van der Waals surface area contributed by atoms with Crippen LogP contribution in [0, 0.1) is 11.3 Å². The molecule has 0 rings (SSSR count). The molecule has 0 aliphatic heterocycles. The minimum atomic E-state index is -0.826. The van der Waals surface area contributed by atoms with Crippen LogP contribution in [0.3, 0.4) is 0 Å². The fraction of sp³-hybridized carbons (Fsp3) is 0.947. The van der Waals surface area contributed by atoms with E-state index in [0.29, 0.717) is 6.61 Å². The molecule has 1 N–H and O–H groups in total. The van der Waals surface area contributed by atoms with Gasteiger partial charge in [0.2, 0.25) is 0 Å². The first-order valence-corrected chi connectivity index (χ1v) is 9.19. The molecule has 3 heteroatoms. The van der Waals surface area contributed by atoms with Crippen LogP contribution in [0.15, 0.2) is 0 Å². The Morgan fingerprint density at radius 3 is 1.86 bits per heavy atom. The lowest BCUT2D eigenvalue weighted by Gasteiger charge is -2.30. The van der Waals surface area contributed by atoms with Crippen molar-refractivity contribution in [2.75, 3.05) is 6.61 Å². The normalized spacial score (nSPS) is 13.4. The molecule has 3 nitrogen and oxygen atoms in total. The zero-order chi connectivity index (χ0) is 17.0.